The molecule has 0 saturated carbocycles. The highest BCUT2D eigenvalue weighted by Gasteiger charge is 2.28. The SMILES string of the molecule is CCC(C)[C@@H](N)c1cc(C(C)(C)C)c(O)c(C(C)(C)C)c1. The lowest BCUT2D eigenvalue weighted by Crippen LogP contribution is -2.23. The van der Waals surface area contributed by atoms with Crippen LogP contribution in [-0.2, 0) is 10.8 Å². The van der Waals surface area contributed by atoms with Crippen molar-refractivity contribution in [3.8, 4) is 5.75 Å². The van der Waals surface area contributed by atoms with Crippen molar-refractivity contribution in [1.29, 1.82) is 0 Å². The second kappa shape index (κ2) is 6.00. The number of aromatic hydroxyl groups is 1. The van der Waals surface area contributed by atoms with E-state index < -0.39 is 0 Å². The van der Waals surface area contributed by atoms with E-state index in [4.69, 9.17) is 5.73 Å². The Balaban J connectivity index is 3.55. The van der Waals surface area contributed by atoms with E-state index in [-0.39, 0.29) is 16.9 Å². The zero-order chi connectivity index (χ0) is 16.6. The second-order valence-corrected chi connectivity index (χ2v) is 8.38. The van der Waals surface area contributed by atoms with Crippen LogP contribution in [-0.4, -0.2) is 5.11 Å². The van der Waals surface area contributed by atoms with E-state index in [0.717, 1.165) is 23.1 Å². The van der Waals surface area contributed by atoms with E-state index in [0.29, 0.717) is 11.7 Å². The molecule has 1 aromatic carbocycles. The Bertz CT molecular complexity index is 456. The molecule has 0 bridgehead atoms. The molecule has 0 radical (unpaired) electrons. The van der Waals surface area contributed by atoms with Crippen molar-refractivity contribution < 1.29 is 5.11 Å². The smallest absolute Gasteiger partial charge is 0.123 e. The van der Waals surface area contributed by atoms with Crippen LogP contribution in [0.1, 0.15) is 84.5 Å². The maximum atomic E-state index is 10.7. The molecule has 0 aliphatic rings. The molecule has 0 aromatic heterocycles. The summed E-state index contributed by atoms with van der Waals surface area (Å²) in [4.78, 5) is 0. The van der Waals surface area contributed by atoms with Gasteiger partial charge in [-0.15, -0.1) is 0 Å². The normalized spacial score (nSPS) is 15.9. The van der Waals surface area contributed by atoms with Crippen LogP contribution in [0, 0.1) is 5.92 Å². The van der Waals surface area contributed by atoms with Crippen LogP contribution < -0.4 is 5.73 Å². The minimum atomic E-state index is -0.102. The van der Waals surface area contributed by atoms with Crippen LogP contribution in [0.25, 0.3) is 0 Å². The quantitative estimate of drug-likeness (QED) is 0.820. The Morgan fingerprint density at radius 3 is 1.67 bits per heavy atom. The third kappa shape index (κ3) is 4.00. The van der Waals surface area contributed by atoms with Gasteiger partial charge in [0.2, 0.25) is 0 Å². The number of phenols is 1. The van der Waals surface area contributed by atoms with Gasteiger partial charge in [-0.05, 0) is 45.6 Å². The van der Waals surface area contributed by atoms with Crippen LogP contribution in [0.4, 0.5) is 0 Å². The van der Waals surface area contributed by atoms with Gasteiger partial charge >= 0.3 is 0 Å². The molecule has 2 heteroatoms. The van der Waals surface area contributed by atoms with Gasteiger partial charge in [-0.25, -0.2) is 0 Å². The molecule has 0 spiro atoms. The molecule has 3 N–H and O–H groups in total. The van der Waals surface area contributed by atoms with E-state index in [1.165, 1.54) is 0 Å². The van der Waals surface area contributed by atoms with Crippen LogP contribution >= 0.6 is 0 Å². The molecule has 2 atom stereocenters. The van der Waals surface area contributed by atoms with Crippen molar-refractivity contribution in [1.82, 2.24) is 0 Å². The molecule has 0 aliphatic carbocycles. The van der Waals surface area contributed by atoms with Crippen molar-refractivity contribution in [3.63, 3.8) is 0 Å². The molecule has 0 saturated heterocycles. The maximum absolute atomic E-state index is 10.7. The van der Waals surface area contributed by atoms with E-state index in [9.17, 15) is 5.11 Å². The summed E-state index contributed by atoms with van der Waals surface area (Å²) in [6, 6.07) is 4.21. The molecule has 2 nitrogen and oxygen atoms in total. The topological polar surface area (TPSA) is 46.2 Å². The fourth-order valence-corrected chi connectivity index (χ4v) is 2.58. The summed E-state index contributed by atoms with van der Waals surface area (Å²) in [6.45, 7) is 17.1. The molecule has 1 unspecified atom stereocenters. The number of rotatable bonds is 3. The van der Waals surface area contributed by atoms with Crippen LogP contribution in [0.5, 0.6) is 5.75 Å². The highest BCUT2D eigenvalue weighted by molar-refractivity contribution is 5.50. The standard InChI is InChI=1S/C19H33NO/c1-9-12(2)16(20)13-10-14(18(3,4)5)17(21)15(11-13)19(6,7)8/h10-12,16,21H,9,20H2,1-8H3/t12?,16-/m1/s1. The number of hydrogen-bond acceptors (Lipinski definition) is 2. The third-order valence-electron chi connectivity index (χ3n) is 4.39. The lowest BCUT2D eigenvalue weighted by molar-refractivity contribution is 0.417. The van der Waals surface area contributed by atoms with Gasteiger partial charge in [-0.2, -0.15) is 0 Å². The van der Waals surface area contributed by atoms with Gasteiger partial charge in [0, 0.05) is 6.04 Å². The first-order valence-electron chi connectivity index (χ1n) is 8.03. The van der Waals surface area contributed by atoms with E-state index >= 15 is 0 Å². The molecule has 21 heavy (non-hydrogen) atoms. The van der Waals surface area contributed by atoms with Crippen LogP contribution in [0.2, 0.25) is 0 Å². The molecule has 0 fully saturated rings. The van der Waals surface area contributed by atoms with Crippen molar-refractivity contribution >= 4 is 0 Å². The Hall–Kier alpha value is -1.02. The average molecular weight is 291 g/mol. The maximum Gasteiger partial charge on any atom is 0.123 e. The van der Waals surface area contributed by atoms with Crippen LogP contribution in [0.3, 0.4) is 0 Å². The minimum Gasteiger partial charge on any atom is -0.507 e. The van der Waals surface area contributed by atoms with Gasteiger partial charge < -0.3 is 10.8 Å². The van der Waals surface area contributed by atoms with Gasteiger partial charge in [0.25, 0.3) is 0 Å². The number of benzene rings is 1. The number of phenolic OH excluding ortho intramolecular Hbond substituents is 1. The molecule has 0 aliphatic heterocycles. The van der Waals surface area contributed by atoms with E-state index in [2.05, 4.69) is 67.5 Å². The highest BCUT2D eigenvalue weighted by Crippen LogP contribution is 2.41. The molecular formula is C19H33NO. The van der Waals surface area contributed by atoms with Gasteiger partial charge in [-0.3, -0.25) is 0 Å². The van der Waals surface area contributed by atoms with Gasteiger partial charge in [-0.1, -0.05) is 61.8 Å². The molecular weight excluding hydrogens is 258 g/mol. The van der Waals surface area contributed by atoms with Crippen LogP contribution in [0.15, 0.2) is 12.1 Å². The van der Waals surface area contributed by atoms with E-state index in [1.54, 1.807) is 0 Å². The lowest BCUT2D eigenvalue weighted by atomic mass is 9.77. The summed E-state index contributed by atoms with van der Waals surface area (Å²) in [5.41, 5.74) is 9.35. The average Bonchev–Trinajstić information content (AvgIpc) is 2.34. The largest absolute Gasteiger partial charge is 0.507 e. The number of hydrogen-bond donors (Lipinski definition) is 2. The van der Waals surface area contributed by atoms with Crippen molar-refractivity contribution in [3.05, 3.63) is 28.8 Å². The first-order chi connectivity index (χ1) is 9.39. The Morgan fingerprint density at radius 1 is 1.00 bits per heavy atom. The predicted molar refractivity (Wildman–Crippen MR) is 91.9 cm³/mol. The van der Waals surface area contributed by atoms with Gasteiger partial charge in [0.05, 0.1) is 0 Å². The Labute approximate surface area is 130 Å². The highest BCUT2D eigenvalue weighted by atomic mass is 16.3. The van der Waals surface area contributed by atoms with Gasteiger partial charge in [0.15, 0.2) is 0 Å². The molecule has 1 aromatic rings. The zero-order valence-electron chi connectivity index (χ0n) is 15.0. The first kappa shape index (κ1) is 18.0. The zero-order valence-corrected chi connectivity index (χ0v) is 15.0. The molecule has 120 valence electrons. The Kier molecular flexibility index (Phi) is 5.15. The summed E-state index contributed by atoms with van der Waals surface area (Å²) >= 11 is 0. The first-order valence-corrected chi connectivity index (χ1v) is 8.03. The van der Waals surface area contributed by atoms with Gasteiger partial charge in [0.1, 0.15) is 5.75 Å². The predicted octanol–water partition coefficient (Wildman–Crippen LogP) is 5.03. The summed E-state index contributed by atoms with van der Waals surface area (Å²) in [7, 11) is 0. The second-order valence-electron chi connectivity index (χ2n) is 8.38. The fraction of sp³-hybridized carbons (Fsp3) is 0.684. The fourth-order valence-electron chi connectivity index (χ4n) is 2.58. The molecule has 0 amide bonds. The van der Waals surface area contributed by atoms with Crippen molar-refractivity contribution in [2.45, 2.75) is 78.7 Å². The van der Waals surface area contributed by atoms with Crippen molar-refractivity contribution in [2.24, 2.45) is 11.7 Å². The monoisotopic (exact) mass is 291 g/mol. The molecule has 1 rings (SSSR count). The van der Waals surface area contributed by atoms with Crippen molar-refractivity contribution in [2.75, 3.05) is 0 Å². The van der Waals surface area contributed by atoms with E-state index in [1.807, 2.05) is 0 Å². The number of nitrogens with two attached hydrogens (primary N) is 1. The molecule has 0 heterocycles. The summed E-state index contributed by atoms with van der Waals surface area (Å²) in [6.07, 6.45) is 1.05. The third-order valence-corrected chi connectivity index (χ3v) is 4.39. The summed E-state index contributed by atoms with van der Waals surface area (Å²) in [5, 5.41) is 10.7. The Morgan fingerprint density at radius 2 is 1.38 bits per heavy atom. The lowest BCUT2D eigenvalue weighted by Gasteiger charge is -2.30. The summed E-state index contributed by atoms with van der Waals surface area (Å²) in [5.74, 6) is 0.852. The minimum absolute atomic E-state index is 0.0119. The summed E-state index contributed by atoms with van der Waals surface area (Å²) < 4.78 is 0.